The van der Waals surface area contributed by atoms with Gasteiger partial charge in [-0.15, -0.1) is 0 Å². The maximum absolute atomic E-state index is 5.49. The van der Waals surface area contributed by atoms with Crippen LogP contribution in [0, 0.1) is 6.92 Å². The summed E-state index contributed by atoms with van der Waals surface area (Å²) in [6.45, 7) is 7.23. The van der Waals surface area contributed by atoms with Crippen molar-refractivity contribution < 1.29 is 9.47 Å². The van der Waals surface area contributed by atoms with Gasteiger partial charge >= 0.3 is 0 Å². The predicted molar refractivity (Wildman–Crippen MR) is 88.4 cm³/mol. The van der Waals surface area contributed by atoms with Crippen LogP contribution in [0.1, 0.15) is 19.4 Å². The molecule has 118 valence electrons. The van der Waals surface area contributed by atoms with Gasteiger partial charge in [0.05, 0.1) is 19.4 Å². The number of ether oxygens (including phenoxy) is 2. The maximum atomic E-state index is 5.49. The Morgan fingerprint density at radius 1 is 1.14 bits per heavy atom. The molecule has 1 aromatic heterocycles. The lowest BCUT2D eigenvalue weighted by Gasteiger charge is -2.13. The number of methoxy groups -OCH3 is 1. The first-order chi connectivity index (χ1) is 10.7. The van der Waals surface area contributed by atoms with Crippen LogP contribution in [0.4, 0.5) is 17.5 Å². The van der Waals surface area contributed by atoms with E-state index in [0.717, 1.165) is 23.5 Å². The molecule has 0 aliphatic heterocycles. The third kappa shape index (κ3) is 4.00. The van der Waals surface area contributed by atoms with Gasteiger partial charge < -0.3 is 20.1 Å². The molecule has 0 spiro atoms. The zero-order valence-electron chi connectivity index (χ0n) is 13.4. The minimum absolute atomic E-state index is 0.530. The molecule has 2 aromatic rings. The van der Waals surface area contributed by atoms with Crippen LogP contribution < -0.4 is 20.1 Å². The van der Waals surface area contributed by atoms with Crippen molar-refractivity contribution in [1.29, 1.82) is 0 Å². The molecule has 0 unspecified atom stereocenters. The number of hydrogen-bond acceptors (Lipinski definition) is 6. The summed E-state index contributed by atoms with van der Waals surface area (Å²) < 4.78 is 10.9. The Kier molecular flexibility index (Phi) is 5.41. The molecule has 0 saturated carbocycles. The zero-order valence-corrected chi connectivity index (χ0v) is 13.4. The van der Waals surface area contributed by atoms with E-state index in [1.165, 1.54) is 0 Å². The van der Waals surface area contributed by atoms with Crippen molar-refractivity contribution in [2.24, 2.45) is 0 Å². The second-order valence-electron chi connectivity index (χ2n) is 4.71. The lowest BCUT2D eigenvalue weighted by Crippen LogP contribution is -2.07. The molecule has 0 aliphatic rings. The van der Waals surface area contributed by atoms with Crippen LogP contribution in [0.3, 0.4) is 0 Å². The van der Waals surface area contributed by atoms with Gasteiger partial charge in [0.15, 0.2) is 0 Å². The molecule has 6 heteroatoms. The van der Waals surface area contributed by atoms with E-state index in [-0.39, 0.29) is 0 Å². The van der Waals surface area contributed by atoms with Gasteiger partial charge in [0.25, 0.3) is 0 Å². The van der Waals surface area contributed by atoms with Gasteiger partial charge in [-0.25, -0.2) is 0 Å². The molecule has 0 bridgehead atoms. The van der Waals surface area contributed by atoms with Crippen molar-refractivity contribution in [1.82, 2.24) is 9.97 Å². The minimum atomic E-state index is 0.530. The lowest BCUT2D eigenvalue weighted by atomic mass is 10.2. The molecular formula is C16H22N4O2. The highest BCUT2D eigenvalue weighted by Gasteiger charge is 2.08. The third-order valence-corrected chi connectivity index (χ3v) is 2.95. The van der Waals surface area contributed by atoms with E-state index in [4.69, 9.17) is 9.47 Å². The molecule has 6 nitrogen and oxygen atoms in total. The summed E-state index contributed by atoms with van der Waals surface area (Å²) in [7, 11) is 1.64. The highest BCUT2D eigenvalue weighted by molar-refractivity contribution is 5.66. The van der Waals surface area contributed by atoms with E-state index in [0.29, 0.717) is 24.3 Å². The van der Waals surface area contributed by atoms with Gasteiger partial charge in [0.2, 0.25) is 11.8 Å². The minimum Gasteiger partial charge on any atom is -0.495 e. The predicted octanol–water partition coefficient (Wildman–Crippen LogP) is 3.37. The fraction of sp³-hybridized carbons (Fsp3) is 0.375. The van der Waals surface area contributed by atoms with Gasteiger partial charge in [-0.1, -0.05) is 6.07 Å². The van der Waals surface area contributed by atoms with Crippen molar-refractivity contribution >= 4 is 17.5 Å². The summed E-state index contributed by atoms with van der Waals surface area (Å²) in [5, 5.41) is 6.36. The van der Waals surface area contributed by atoms with Gasteiger partial charge in [0, 0.05) is 12.6 Å². The van der Waals surface area contributed by atoms with E-state index >= 15 is 0 Å². The molecule has 0 saturated heterocycles. The SMILES string of the molecule is CCNc1nc(Nc2cc(C)ccc2OC)cc(OCC)n1. The molecule has 0 amide bonds. The number of nitrogens with zero attached hydrogens (tertiary/aromatic N) is 2. The average Bonchev–Trinajstić information content (AvgIpc) is 2.48. The van der Waals surface area contributed by atoms with Gasteiger partial charge in [-0.3, -0.25) is 0 Å². The molecule has 0 aliphatic carbocycles. The summed E-state index contributed by atoms with van der Waals surface area (Å²) in [6, 6.07) is 7.70. The summed E-state index contributed by atoms with van der Waals surface area (Å²) in [5.74, 6) is 2.47. The number of aromatic nitrogens is 2. The molecule has 0 atom stereocenters. The van der Waals surface area contributed by atoms with Gasteiger partial charge in [-0.2, -0.15) is 9.97 Å². The zero-order chi connectivity index (χ0) is 15.9. The molecule has 0 radical (unpaired) electrons. The number of benzene rings is 1. The number of rotatable bonds is 7. The summed E-state index contributed by atoms with van der Waals surface area (Å²) in [6.07, 6.45) is 0. The molecule has 2 rings (SSSR count). The fourth-order valence-electron chi connectivity index (χ4n) is 2.01. The van der Waals surface area contributed by atoms with Crippen LogP contribution in [-0.4, -0.2) is 30.2 Å². The van der Waals surface area contributed by atoms with Crippen LogP contribution in [0.5, 0.6) is 11.6 Å². The van der Waals surface area contributed by atoms with Gasteiger partial charge in [0.1, 0.15) is 11.6 Å². The first kappa shape index (κ1) is 15.9. The smallest absolute Gasteiger partial charge is 0.227 e. The summed E-state index contributed by atoms with van der Waals surface area (Å²) in [4.78, 5) is 8.74. The van der Waals surface area contributed by atoms with Crippen LogP contribution in [0.15, 0.2) is 24.3 Å². The molecule has 2 N–H and O–H groups in total. The first-order valence-corrected chi connectivity index (χ1v) is 7.33. The molecule has 22 heavy (non-hydrogen) atoms. The second kappa shape index (κ2) is 7.49. The Labute approximate surface area is 130 Å². The molecule has 1 heterocycles. The molecule has 0 fully saturated rings. The third-order valence-electron chi connectivity index (χ3n) is 2.95. The Morgan fingerprint density at radius 2 is 1.95 bits per heavy atom. The Hall–Kier alpha value is -2.50. The largest absolute Gasteiger partial charge is 0.495 e. The van der Waals surface area contributed by atoms with Crippen LogP contribution in [0.25, 0.3) is 0 Å². The first-order valence-electron chi connectivity index (χ1n) is 7.33. The summed E-state index contributed by atoms with van der Waals surface area (Å²) >= 11 is 0. The average molecular weight is 302 g/mol. The quantitative estimate of drug-likeness (QED) is 0.817. The normalized spacial score (nSPS) is 10.2. The highest BCUT2D eigenvalue weighted by atomic mass is 16.5. The maximum Gasteiger partial charge on any atom is 0.227 e. The van der Waals surface area contributed by atoms with E-state index in [2.05, 4.69) is 20.6 Å². The molecule has 1 aromatic carbocycles. The van der Waals surface area contributed by atoms with Crippen molar-refractivity contribution in [2.75, 3.05) is 30.9 Å². The van der Waals surface area contributed by atoms with E-state index < -0.39 is 0 Å². The Bertz CT molecular complexity index is 607. The van der Waals surface area contributed by atoms with Crippen molar-refractivity contribution in [3.8, 4) is 11.6 Å². The Balaban J connectivity index is 2.33. The highest BCUT2D eigenvalue weighted by Crippen LogP contribution is 2.29. The van der Waals surface area contributed by atoms with E-state index in [9.17, 15) is 0 Å². The van der Waals surface area contributed by atoms with Crippen LogP contribution >= 0.6 is 0 Å². The van der Waals surface area contributed by atoms with Gasteiger partial charge in [-0.05, 0) is 38.5 Å². The second-order valence-corrected chi connectivity index (χ2v) is 4.71. The summed E-state index contributed by atoms with van der Waals surface area (Å²) in [5.41, 5.74) is 1.99. The Morgan fingerprint density at radius 3 is 2.64 bits per heavy atom. The number of anilines is 3. The topological polar surface area (TPSA) is 68.3 Å². The van der Waals surface area contributed by atoms with E-state index in [1.54, 1.807) is 13.2 Å². The fourth-order valence-corrected chi connectivity index (χ4v) is 2.01. The van der Waals surface area contributed by atoms with E-state index in [1.807, 2.05) is 39.0 Å². The number of hydrogen-bond donors (Lipinski definition) is 2. The lowest BCUT2D eigenvalue weighted by molar-refractivity contribution is 0.327. The monoisotopic (exact) mass is 302 g/mol. The number of aryl methyl sites for hydroxylation is 1. The van der Waals surface area contributed by atoms with Crippen molar-refractivity contribution in [2.45, 2.75) is 20.8 Å². The van der Waals surface area contributed by atoms with Crippen molar-refractivity contribution in [3.63, 3.8) is 0 Å². The molecular weight excluding hydrogens is 280 g/mol. The van der Waals surface area contributed by atoms with Crippen LogP contribution in [0.2, 0.25) is 0 Å². The number of nitrogens with one attached hydrogen (secondary N) is 2. The van der Waals surface area contributed by atoms with Crippen molar-refractivity contribution in [3.05, 3.63) is 29.8 Å². The standard InChI is InChI=1S/C16H22N4O2/c1-5-17-16-19-14(10-15(20-16)22-6-2)18-12-9-11(3)7-8-13(12)21-4/h7-10H,5-6H2,1-4H3,(H2,17,18,19,20). The van der Waals surface area contributed by atoms with Crippen LogP contribution in [-0.2, 0) is 0 Å².